The van der Waals surface area contributed by atoms with E-state index in [9.17, 15) is 9.90 Å². The molecule has 0 aliphatic carbocycles. The van der Waals surface area contributed by atoms with E-state index in [1.807, 2.05) is 4.90 Å². The van der Waals surface area contributed by atoms with Crippen molar-refractivity contribution in [2.75, 3.05) is 19.8 Å². The van der Waals surface area contributed by atoms with Crippen LogP contribution in [0.1, 0.15) is 23.4 Å². The first-order valence-electron chi connectivity index (χ1n) is 5.71. The number of morpholine rings is 1. The standard InChI is InChI=1S/C12H17NO3S/c1-8-3-6-17-11(8)9(2)13-4-5-16-7-10(13)12(14)15/h3,6,9-10H,4-5,7H2,1-2H3,(H,14,15). The quantitative estimate of drug-likeness (QED) is 0.896. The van der Waals surface area contributed by atoms with Crippen LogP contribution in [0.25, 0.3) is 0 Å². The van der Waals surface area contributed by atoms with Crippen molar-refractivity contribution in [1.29, 1.82) is 0 Å². The first-order valence-corrected chi connectivity index (χ1v) is 6.59. The second-order valence-electron chi connectivity index (χ2n) is 4.31. The third kappa shape index (κ3) is 2.51. The molecular formula is C12H17NO3S. The molecule has 2 atom stereocenters. The van der Waals surface area contributed by atoms with Crippen LogP contribution in [0.15, 0.2) is 11.4 Å². The average Bonchev–Trinajstić information content (AvgIpc) is 2.74. The third-order valence-electron chi connectivity index (χ3n) is 3.23. The van der Waals surface area contributed by atoms with Gasteiger partial charge in [-0.15, -0.1) is 11.3 Å². The van der Waals surface area contributed by atoms with Crippen molar-refractivity contribution in [3.8, 4) is 0 Å². The van der Waals surface area contributed by atoms with Crippen LogP contribution >= 0.6 is 11.3 Å². The van der Waals surface area contributed by atoms with E-state index in [-0.39, 0.29) is 12.6 Å². The van der Waals surface area contributed by atoms with Crippen molar-refractivity contribution < 1.29 is 14.6 Å². The highest BCUT2D eigenvalue weighted by Gasteiger charge is 2.33. The van der Waals surface area contributed by atoms with Gasteiger partial charge in [-0.05, 0) is 30.9 Å². The van der Waals surface area contributed by atoms with E-state index < -0.39 is 12.0 Å². The Hall–Kier alpha value is -0.910. The summed E-state index contributed by atoms with van der Waals surface area (Å²) in [6.45, 7) is 5.71. The van der Waals surface area contributed by atoms with E-state index in [4.69, 9.17) is 4.74 Å². The fraction of sp³-hybridized carbons (Fsp3) is 0.583. The molecule has 1 aromatic heterocycles. The summed E-state index contributed by atoms with van der Waals surface area (Å²) >= 11 is 1.69. The van der Waals surface area contributed by atoms with Gasteiger partial charge in [0.05, 0.1) is 13.2 Å². The molecule has 0 radical (unpaired) electrons. The minimum atomic E-state index is -0.800. The number of nitrogens with zero attached hydrogens (tertiary/aromatic N) is 1. The lowest BCUT2D eigenvalue weighted by Crippen LogP contribution is -2.50. The van der Waals surface area contributed by atoms with Crippen LogP contribution in [0.3, 0.4) is 0 Å². The maximum Gasteiger partial charge on any atom is 0.323 e. The van der Waals surface area contributed by atoms with Gasteiger partial charge in [-0.3, -0.25) is 9.69 Å². The monoisotopic (exact) mass is 255 g/mol. The lowest BCUT2D eigenvalue weighted by atomic mass is 10.1. The van der Waals surface area contributed by atoms with E-state index in [0.29, 0.717) is 13.2 Å². The zero-order valence-corrected chi connectivity index (χ0v) is 10.9. The molecule has 0 bridgehead atoms. The Morgan fingerprint density at radius 1 is 1.71 bits per heavy atom. The van der Waals surface area contributed by atoms with Gasteiger partial charge in [-0.25, -0.2) is 0 Å². The van der Waals surface area contributed by atoms with Gasteiger partial charge in [0, 0.05) is 17.5 Å². The van der Waals surface area contributed by atoms with Crippen LogP contribution in [0.5, 0.6) is 0 Å². The SMILES string of the molecule is Cc1ccsc1C(C)N1CCOCC1C(=O)O. The summed E-state index contributed by atoms with van der Waals surface area (Å²) in [4.78, 5) is 14.5. The van der Waals surface area contributed by atoms with Crippen LogP contribution in [0.4, 0.5) is 0 Å². The smallest absolute Gasteiger partial charge is 0.323 e. The lowest BCUT2D eigenvalue weighted by Gasteiger charge is -2.37. The number of aryl methyl sites for hydroxylation is 1. The fourth-order valence-electron chi connectivity index (χ4n) is 2.26. The molecule has 2 rings (SSSR count). The Morgan fingerprint density at radius 2 is 2.47 bits per heavy atom. The molecule has 4 nitrogen and oxygen atoms in total. The van der Waals surface area contributed by atoms with E-state index in [1.54, 1.807) is 11.3 Å². The number of hydrogen-bond donors (Lipinski definition) is 1. The molecule has 1 aliphatic heterocycles. The molecular weight excluding hydrogens is 238 g/mol. The average molecular weight is 255 g/mol. The van der Waals surface area contributed by atoms with Crippen LogP contribution in [-0.4, -0.2) is 41.8 Å². The van der Waals surface area contributed by atoms with Gasteiger partial charge in [0.15, 0.2) is 0 Å². The number of hydrogen-bond acceptors (Lipinski definition) is 4. The molecule has 2 unspecified atom stereocenters. The van der Waals surface area contributed by atoms with Gasteiger partial charge in [0.25, 0.3) is 0 Å². The largest absolute Gasteiger partial charge is 0.480 e. The Labute approximate surface area is 105 Å². The molecule has 0 saturated carbocycles. The molecule has 1 aromatic rings. The van der Waals surface area contributed by atoms with Crippen molar-refractivity contribution in [2.45, 2.75) is 25.9 Å². The third-order valence-corrected chi connectivity index (χ3v) is 4.42. The second kappa shape index (κ2) is 5.16. The number of rotatable bonds is 3. The van der Waals surface area contributed by atoms with Crippen molar-refractivity contribution in [1.82, 2.24) is 4.90 Å². The van der Waals surface area contributed by atoms with Crippen molar-refractivity contribution in [3.05, 3.63) is 21.9 Å². The first kappa shape index (κ1) is 12.5. The Balaban J connectivity index is 2.19. The minimum Gasteiger partial charge on any atom is -0.480 e. The molecule has 0 spiro atoms. The summed E-state index contributed by atoms with van der Waals surface area (Å²) in [5.74, 6) is -0.800. The van der Waals surface area contributed by atoms with Crippen LogP contribution in [0.2, 0.25) is 0 Å². The summed E-state index contributed by atoms with van der Waals surface area (Å²) in [5, 5.41) is 11.3. The topological polar surface area (TPSA) is 49.8 Å². The number of thiophene rings is 1. The minimum absolute atomic E-state index is 0.139. The van der Waals surface area contributed by atoms with E-state index in [0.717, 1.165) is 0 Å². The number of carboxylic acids is 1. The molecule has 2 heterocycles. The Morgan fingerprint density at radius 3 is 3.06 bits per heavy atom. The highest BCUT2D eigenvalue weighted by molar-refractivity contribution is 7.10. The number of aliphatic carboxylic acids is 1. The molecule has 1 N–H and O–H groups in total. The molecule has 5 heteroatoms. The van der Waals surface area contributed by atoms with E-state index >= 15 is 0 Å². The molecule has 0 aromatic carbocycles. The van der Waals surface area contributed by atoms with Gasteiger partial charge in [-0.1, -0.05) is 0 Å². The predicted octanol–water partition coefficient (Wildman–Crippen LogP) is 1.90. The zero-order chi connectivity index (χ0) is 12.4. The Bertz CT molecular complexity index is 404. The maximum absolute atomic E-state index is 11.2. The van der Waals surface area contributed by atoms with Crippen LogP contribution in [-0.2, 0) is 9.53 Å². The molecule has 1 aliphatic rings. The number of ether oxygens (including phenoxy) is 1. The maximum atomic E-state index is 11.2. The molecule has 17 heavy (non-hydrogen) atoms. The molecule has 94 valence electrons. The summed E-state index contributed by atoms with van der Waals surface area (Å²) < 4.78 is 5.25. The fourth-order valence-corrected chi connectivity index (χ4v) is 3.26. The highest BCUT2D eigenvalue weighted by atomic mass is 32.1. The predicted molar refractivity (Wildman–Crippen MR) is 66.4 cm³/mol. The van der Waals surface area contributed by atoms with Crippen LogP contribution < -0.4 is 0 Å². The molecule has 1 saturated heterocycles. The van der Waals surface area contributed by atoms with Gasteiger partial charge in [0.2, 0.25) is 0 Å². The Kier molecular flexibility index (Phi) is 3.81. The normalized spacial score (nSPS) is 23.5. The summed E-state index contributed by atoms with van der Waals surface area (Å²) in [6.07, 6.45) is 0. The summed E-state index contributed by atoms with van der Waals surface area (Å²) in [6, 6.07) is 1.69. The van der Waals surface area contributed by atoms with Crippen LogP contribution in [0, 0.1) is 6.92 Å². The lowest BCUT2D eigenvalue weighted by molar-refractivity contribution is -0.151. The van der Waals surface area contributed by atoms with Gasteiger partial charge in [0.1, 0.15) is 6.04 Å². The second-order valence-corrected chi connectivity index (χ2v) is 5.26. The van der Waals surface area contributed by atoms with Crippen molar-refractivity contribution >= 4 is 17.3 Å². The molecule has 0 amide bonds. The highest BCUT2D eigenvalue weighted by Crippen LogP contribution is 2.30. The van der Waals surface area contributed by atoms with Gasteiger partial charge < -0.3 is 9.84 Å². The number of carboxylic acid groups (broad SMARTS) is 1. The van der Waals surface area contributed by atoms with Crippen molar-refractivity contribution in [3.63, 3.8) is 0 Å². The first-order chi connectivity index (χ1) is 8.11. The van der Waals surface area contributed by atoms with Gasteiger partial charge in [-0.2, -0.15) is 0 Å². The zero-order valence-electron chi connectivity index (χ0n) is 10.0. The van der Waals surface area contributed by atoms with Crippen molar-refractivity contribution in [2.24, 2.45) is 0 Å². The van der Waals surface area contributed by atoms with Gasteiger partial charge >= 0.3 is 5.97 Å². The molecule has 1 fully saturated rings. The van der Waals surface area contributed by atoms with E-state index in [2.05, 4.69) is 25.3 Å². The number of carbonyl (C=O) groups is 1. The summed E-state index contributed by atoms with van der Waals surface area (Å²) in [7, 11) is 0. The van der Waals surface area contributed by atoms with E-state index in [1.165, 1.54) is 10.4 Å². The summed E-state index contributed by atoms with van der Waals surface area (Å²) in [5.41, 5.74) is 1.23.